The molecule has 5 heteroatoms. The Labute approximate surface area is 172 Å². The van der Waals surface area contributed by atoms with Crippen molar-refractivity contribution in [3.63, 3.8) is 0 Å². The van der Waals surface area contributed by atoms with Gasteiger partial charge in [-0.2, -0.15) is 0 Å². The van der Waals surface area contributed by atoms with Gasteiger partial charge in [0.05, 0.1) is 18.6 Å². The third kappa shape index (κ3) is 4.72. The first kappa shape index (κ1) is 21.6. The minimum Gasteiger partial charge on any atom is -0.481 e. The number of carboxylic acid groups (broad SMARTS) is 1. The monoisotopic (exact) mass is 408 g/mol. The number of carbonyl (C=O) groups is 1. The third-order valence-electron chi connectivity index (χ3n) is 7.49. The first-order valence-electron chi connectivity index (χ1n) is 10.4. The van der Waals surface area contributed by atoms with Gasteiger partial charge in [-0.3, -0.25) is 4.79 Å². The van der Waals surface area contributed by atoms with Crippen LogP contribution in [0.15, 0.2) is 24.3 Å². The average Bonchev–Trinajstić information content (AvgIpc) is 3.01. The van der Waals surface area contributed by atoms with Crippen molar-refractivity contribution in [1.82, 2.24) is 0 Å². The van der Waals surface area contributed by atoms with Crippen molar-refractivity contribution >= 4 is 17.6 Å². The van der Waals surface area contributed by atoms with E-state index in [0.717, 1.165) is 17.9 Å². The Bertz CT molecular complexity index is 690. The van der Waals surface area contributed by atoms with Crippen molar-refractivity contribution in [2.75, 3.05) is 0 Å². The molecule has 2 fully saturated rings. The van der Waals surface area contributed by atoms with E-state index in [-0.39, 0.29) is 12.8 Å². The highest BCUT2D eigenvalue weighted by Crippen LogP contribution is 2.68. The fourth-order valence-electron chi connectivity index (χ4n) is 6.18. The number of carboxylic acids is 1. The largest absolute Gasteiger partial charge is 0.481 e. The van der Waals surface area contributed by atoms with Crippen LogP contribution in [0, 0.1) is 22.7 Å². The molecule has 0 heterocycles. The number of aliphatic hydroxyl groups excluding tert-OH is 2. The molecule has 0 aliphatic heterocycles. The van der Waals surface area contributed by atoms with Gasteiger partial charge in [0, 0.05) is 5.02 Å². The van der Waals surface area contributed by atoms with Crippen LogP contribution in [0.25, 0.3) is 0 Å². The minimum atomic E-state index is -1.03. The van der Waals surface area contributed by atoms with Crippen LogP contribution >= 0.6 is 11.6 Å². The van der Waals surface area contributed by atoms with Crippen molar-refractivity contribution in [3.05, 3.63) is 34.9 Å². The molecule has 4 nitrogen and oxygen atoms in total. The lowest BCUT2D eigenvalue weighted by Crippen LogP contribution is -2.34. The fourth-order valence-corrected chi connectivity index (χ4v) is 6.30. The Morgan fingerprint density at radius 2 is 1.71 bits per heavy atom. The Morgan fingerprint density at radius 3 is 2.32 bits per heavy atom. The summed E-state index contributed by atoms with van der Waals surface area (Å²) in [7, 11) is 0. The fraction of sp³-hybridized carbons (Fsp3) is 0.696. The molecule has 0 radical (unpaired) electrons. The molecule has 2 saturated carbocycles. The Balaban J connectivity index is 1.65. The number of halogens is 1. The van der Waals surface area contributed by atoms with E-state index in [2.05, 4.69) is 26.0 Å². The van der Waals surface area contributed by atoms with Crippen LogP contribution in [0.5, 0.6) is 0 Å². The van der Waals surface area contributed by atoms with Gasteiger partial charge in [-0.15, -0.1) is 0 Å². The molecule has 0 amide bonds. The second-order valence-corrected chi connectivity index (χ2v) is 10.2. The highest BCUT2D eigenvalue weighted by Gasteiger charge is 2.60. The molecule has 0 saturated heterocycles. The van der Waals surface area contributed by atoms with Crippen molar-refractivity contribution in [3.8, 4) is 0 Å². The SMILES string of the molecule is C[C@]12CC[C@](C)(C1)C(Cc1ccc(Cl)cc1)C2CCC(O)CC(O)CC(=O)O. The summed E-state index contributed by atoms with van der Waals surface area (Å²) in [5.41, 5.74) is 1.96. The highest BCUT2D eigenvalue weighted by molar-refractivity contribution is 6.30. The Kier molecular flexibility index (Phi) is 6.43. The van der Waals surface area contributed by atoms with Gasteiger partial charge in [-0.05, 0) is 85.3 Å². The van der Waals surface area contributed by atoms with E-state index in [9.17, 15) is 15.0 Å². The number of rotatable bonds is 9. The molecule has 1 aromatic carbocycles. The summed E-state index contributed by atoms with van der Waals surface area (Å²) in [5.74, 6) is 0.0769. The summed E-state index contributed by atoms with van der Waals surface area (Å²) in [5, 5.41) is 29.7. The van der Waals surface area contributed by atoms with E-state index >= 15 is 0 Å². The molecule has 0 spiro atoms. The molecule has 4 unspecified atom stereocenters. The van der Waals surface area contributed by atoms with Gasteiger partial charge in [0.25, 0.3) is 0 Å². The first-order chi connectivity index (χ1) is 13.1. The maximum atomic E-state index is 10.7. The zero-order valence-electron chi connectivity index (χ0n) is 16.9. The highest BCUT2D eigenvalue weighted by atomic mass is 35.5. The van der Waals surface area contributed by atoms with E-state index in [4.69, 9.17) is 16.7 Å². The van der Waals surface area contributed by atoms with Gasteiger partial charge < -0.3 is 15.3 Å². The van der Waals surface area contributed by atoms with E-state index in [1.165, 1.54) is 24.8 Å². The second-order valence-electron chi connectivity index (χ2n) is 9.75. The van der Waals surface area contributed by atoms with Crippen LogP contribution in [-0.2, 0) is 11.2 Å². The zero-order chi connectivity index (χ0) is 20.5. The van der Waals surface area contributed by atoms with Gasteiger partial charge in [-0.25, -0.2) is 0 Å². The smallest absolute Gasteiger partial charge is 0.305 e. The lowest BCUT2D eigenvalue weighted by Gasteiger charge is -2.41. The van der Waals surface area contributed by atoms with Crippen LogP contribution in [0.3, 0.4) is 0 Å². The molecule has 3 N–H and O–H groups in total. The lowest BCUT2D eigenvalue weighted by molar-refractivity contribution is -0.139. The van der Waals surface area contributed by atoms with Crippen molar-refractivity contribution in [1.29, 1.82) is 0 Å². The topological polar surface area (TPSA) is 77.8 Å². The molecule has 2 aliphatic carbocycles. The number of hydrogen-bond acceptors (Lipinski definition) is 3. The second kappa shape index (κ2) is 8.33. The molecular formula is C23H33ClO4. The quantitative estimate of drug-likeness (QED) is 0.553. The summed E-state index contributed by atoms with van der Waals surface area (Å²) in [6.45, 7) is 4.82. The summed E-state index contributed by atoms with van der Waals surface area (Å²) in [6, 6.07) is 8.15. The number of hydrogen-bond donors (Lipinski definition) is 3. The number of benzene rings is 1. The van der Waals surface area contributed by atoms with Gasteiger partial charge in [0.15, 0.2) is 0 Å². The van der Waals surface area contributed by atoms with Crippen LogP contribution in [-0.4, -0.2) is 33.5 Å². The maximum Gasteiger partial charge on any atom is 0.305 e. The molecule has 2 aliphatic rings. The zero-order valence-corrected chi connectivity index (χ0v) is 17.7. The molecule has 3 rings (SSSR count). The van der Waals surface area contributed by atoms with Crippen molar-refractivity contribution in [2.45, 2.75) is 77.4 Å². The van der Waals surface area contributed by atoms with Gasteiger partial charge in [-0.1, -0.05) is 37.6 Å². The molecular weight excluding hydrogens is 376 g/mol. The van der Waals surface area contributed by atoms with Crippen molar-refractivity contribution in [2.24, 2.45) is 22.7 Å². The van der Waals surface area contributed by atoms with E-state index in [1.54, 1.807) is 0 Å². The predicted octanol–water partition coefficient (Wildman–Crippen LogP) is 4.69. The van der Waals surface area contributed by atoms with E-state index in [1.807, 2.05) is 12.1 Å². The van der Waals surface area contributed by atoms with Crippen LogP contribution in [0.4, 0.5) is 0 Å². The summed E-state index contributed by atoms with van der Waals surface area (Å²) < 4.78 is 0. The van der Waals surface area contributed by atoms with E-state index < -0.39 is 18.2 Å². The molecule has 1 aromatic rings. The summed E-state index contributed by atoms with van der Waals surface area (Å²) in [6.07, 6.45) is 4.50. The van der Waals surface area contributed by atoms with Crippen LogP contribution < -0.4 is 0 Å². The molecule has 156 valence electrons. The summed E-state index contributed by atoms with van der Waals surface area (Å²) in [4.78, 5) is 10.7. The van der Waals surface area contributed by atoms with E-state index in [0.29, 0.717) is 29.1 Å². The maximum absolute atomic E-state index is 10.7. The number of aliphatic carboxylic acids is 1. The average molecular weight is 409 g/mol. The molecule has 2 bridgehead atoms. The molecule has 6 atom stereocenters. The van der Waals surface area contributed by atoms with Gasteiger partial charge in [0.2, 0.25) is 0 Å². The Hall–Kier alpha value is -1.10. The summed E-state index contributed by atoms with van der Waals surface area (Å²) >= 11 is 6.04. The van der Waals surface area contributed by atoms with Crippen LogP contribution in [0.1, 0.15) is 64.4 Å². The molecule has 28 heavy (non-hydrogen) atoms. The van der Waals surface area contributed by atoms with Crippen LogP contribution in [0.2, 0.25) is 5.02 Å². The first-order valence-corrected chi connectivity index (χ1v) is 10.8. The van der Waals surface area contributed by atoms with Gasteiger partial charge >= 0.3 is 5.97 Å². The van der Waals surface area contributed by atoms with Crippen molar-refractivity contribution < 1.29 is 20.1 Å². The normalized spacial score (nSPS) is 33.8. The number of aliphatic hydroxyl groups is 2. The standard InChI is InChI=1S/C23H33ClO4/c1-22-9-10-23(2,14-22)20(11-15-3-5-16(24)6-4-15)19(22)8-7-17(25)12-18(26)13-21(27)28/h3-6,17-20,25-26H,7-14H2,1-2H3,(H,27,28)/t17?,18?,19?,20?,22-,23+/m0/s1. The molecule has 0 aromatic heterocycles. The minimum absolute atomic E-state index is 0.134. The Morgan fingerprint density at radius 1 is 1.11 bits per heavy atom. The third-order valence-corrected chi connectivity index (χ3v) is 7.74. The van der Waals surface area contributed by atoms with Gasteiger partial charge in [0.1, 0.15) is 0 Å². The number of fused-ring (bicyclic) bond motifs is 2. The predicted molar refractivity (Wildman–Crippen MR) is 110 cm³/mol. The lowest BCUT2D eigenvalue weighted by atomic mass is 9.64.